The van der Waals surface area contributed by atoms with Crippen molar-refractivity contribution in [3.05, 3.63) is 293 Å². The first kappa shape index (κ1) is 81.9. The predicted molar refractivity (Wildman–Crippen MR) is 447 cm³/mol. The number of thiophene rings is 3. The number of aryl methyl sites for hydroxylation is 2. The number of hydrogen-bond donors (Lipinski definition) is 3. The fraction of sp³-hybridized carbons (Fsp3) is 0.267. The van der Waals surface area contributed by atoms with Crippen LogP contribution in [0.25, 0.3) is 66.2 Å². The minimum Gasteiger partial charge on any atom is -0.448 e. The number of furan rings is 3. The van der Waals surface area contributed by atoms with Gasteiger partial charge in [-0.05, 0) is 175 Å². The Labute approximate surface area is 678 Å². The molecule has 6 aromatic carbocycles. The van der Waals surface area contributed by atoms with Crippen LogP contribution in [0, 0.1) is 54.9 Å². The van der Waals surface area contributed by atoms with Gasteiger partial charge in [0.15, 0.2) is 0 Å². The highest BCUT2D eigenvalue weighted by molar-refractivity contribution is 9.10. The summed E-state index contributed by atoms with van der Waals surface area (Å²) >= 11 is 7.94. The summed E-state index contributed by atoms with van der Waals surface area (Å²) in [4.78, 5) is 106. The number of carbonyl (C=O) groups is 3. The number of fused-ring (bicyclic) bond motifs is 9. The molecular weight excluding hydrogens is 1600 g/mol. The average molecular weight is 1680 g/mol. The van der Waals surface area contributed by atoms with E-state index in [-0.39, 0.29) is 138 Å². The van der Waals surface area contributed by atoms with Gasteiger partial charge in [0.2, 0.25) is 16.7 Å². The van der Waals surface area contributed by atoms with Gasteiger partial charge in [0.1, 0.15) is 74.0 Å². The van der Waals surface area contributed by atoms with Gasteiger partial charge in [0.05, 0.1) is 37.8 Å². The van der Waals surface area contributed by atoms with Crippen molar-refractivity contribution in [3.8, 4) is 0 Å². The van der Waals surface area contributed by atoms with Crippen LogP contribution in [0.1, 0.15) is 134 Å². The van der Waals surface area contributed by atoms with E-state index in [9.17, 15) is 46.3 Å². The maximum Gasteiger partial charge on any atom is 0.297 e. The van der Waals surface area contributed by atoms with Gasteiger partial charge in [-0.1, -0.05) is 99.4 Å². The van der Waals surface area contributed by atoms with E-state index < -0.39 is 52.9 Å². The molecule has 9 heterocycles. The summed E-state index contributed by atoms with van der Waals surface area (Å²) in [6, 6.07) is 40.6. The summed E-state index contributed by atoms with van der Waals surface area (Å²) < 4.78 is 80.1. The third-order valence-corrected chi connectivity index (χ3v) is 22.9. The maximum atomic E-state index is 14.4. The summed E-state index contributed by atoms with van der Waals surface area (Å²) in [5.74, 6) is -2.08. The molecule has 0 bridgehead atoms. The van der Waals surface area contributed by atoms with Crippen LogP contribution in [0.15, 0.2) is 206 Å². The van der Waals surface area contributed by atoms with Crippen LogP contribution in [0.3, 0.4) is 0 Å². The molecule has 9 aromatic heterocycles. The lowest BCUT2D eigenvalue weighted by Gasteiger charge is -2.35. The fourth-order valence-electron chi connectivity index (χ4n) is 14.4. The SMILES string of the molecule is CC(C)[C@H](c1nc2c(oc3ccc(F)cc32)c(=O)n1Cc1cccs1)N(CCN)C(=O)c1ccc(Br)cc1.Cc1ccc(C(=O)N(CCN)[C@@H](c2nc3c(oc4ccc(F)cc43)c(=O)n2Cc2cccs2)C(C)C)cc1.Cc1ccc(C(=O)N(CCN)[C@@H](c2nc3c(oc4ccc(F)cc43)c(=O)n2Cc2cccs2)C(C)C)cc1F. The zero-order valence-corrected chi connectivity index (χ0v) is 68.2. The van der Waals surface area contributed by atoms with Crippen LogP contribution in [0.5, 0.6) is 0 Å². The Bertz CT molecular complexity index is 5990. The van der Waals surface area contributed by atoms with Crippen molar-refractivity contribution in [2.75, 3.05) is 39.3 Å². The number of halogens is 5. The first-order valence-corrected chi connectivity index (χ1v) is 40.7. The average Bonchev–Trinajstić information content (AvgIpc) is 1.57. The molecule has 0 fully saturated rings. The molecule has 0 aliphatic heterocycles. The van der Waals surface area contributed by atoms with E-state index >= 15 is 0 Å². The highest BCUT2D eigenvalue weighted by atomic mass is 79.9. The van der Waals surface area contributed by atoms with Gasteiger partial charge in [-0.25, -0.2) is 32.5 Å². The van der Waals surface area contributed by atoms with Gasteiger partial charge in [-0.3, -0.25) is 42.5 Å². The third-order valence-electron chi connectivity index (χ3n) is 19.8. The number of rotatable bonds is 24. The van der Waals surface area contributed by atoms with E-state index in [0.717, 1.165) is 24.7 Å². The number of carbonyl (C=O) groups excluding carboxylic acids is 3. The predicted octanol–water partition coefficient (Wildman–Crippen LogP) is 17.1. The standard InChI is InChI=1S/C29H28F2N4O3S.C29H29FN4O3S.C28H26BrFN4O3S/c1-16(2)25(34(11-10-32)28(36)18-7-6-17(3)22(31)13-18)27-33-24-21-14-19(30)8-9-23(21)38-26(24)29(37)35(27)15-20-5-4-12-39-20;1-17(2)25(33(13-12-31)28(35)19-8-6-18(3)7-9-19)27-32-24-22-15-20(30)10-11-23(22)37-26(24)29(36)34(27)16-21-5-4-14-38-21;1-16(2)24(33(12-11-31)27(35)17-5-7-18(29)8-6-17)26-32-23-21-14-19(30)9-10-22(21)37-25(23)28(36)34(26)15-20-4-3-13-38-20/h4-9,12-14,16,25H,10-11,15,32H2,1-3H3;4-11,14-15,17,25H,12-13,16,31H2,1-3H3;3-10,13-14,16,24H,11-12,15,31H2,1-2H3/t2*25-;24-/m111/s1. The van der Waals surface area contributed by atoms with Crippen molar-refractivity contribution in [3.63, 3.8) is 0 Å². The zero-order chi connectivity index (χ0) is 81.8. The van der Waals surface area contributed by atoms with E-state index in [1.807, 2.05) is 113 Å². The molecule has 0 aliphatic rings. The van der Waals surface area contributed by atoms with Gasteiger partial charge >= 0.3 is 0 Å². The topological polar surface area (TPSA) is 283 Å². The van der Waals surface area contributed by atoms with Gasteiger partial charge in [-0.2, -0.15) is 0 Å². The Morgan fingerprint density at radius 3 is 1.04 bits per heavy atom. The van der Waals surface area contributed by atoms with Gasteiger partial charge in [0, 0.05) is 91.2 Å². The third kappa shape index (κ3) is 17.2. The van der Waals surface area contributed by atoms with Crippen LogP contribution in [-0.2, 0) is 19.6 Å². The highest BCUT2D eigenvalue weighted by Crippen LogP contribution is 2.38. The second-order valence-electron chi connectivity index (χ2n) is 28.8. The van der Waals surface area contributed by atoms with Crippen molar-refractivity contribution < 1.29 is 45.2 Å². The van der Waals surface area contributed by atoms with Crippen molar-refractivity contribution in [1.29, 1.82) is 0 Å². The van der Waals surface area contributed by atoms with Crippen LogP contribution >= 0.6 is 49.9 Å². The van der Waals surface area contributed by atoms with Gasteiger partial charge in [-0.15, -0.1) is 34.0 Å². The molecular formula is C86H83BrF4N12O9S3. The first-order chi connectivity index (χ1) is 55.2. The Morgan fingerprint density at radius 1 is 0.435 bits per heavy atom. The number of nitrogens with zero attached hydrogens (tertiary/aromatic N) is 9. The van der Waals surface area contributed by atoms with Crippen molar-refractivity contribution >= 4 is 134 Å². The normalized spacial score (nSPS) is 12.5. The van der Waals surface area contributed by atoms with Crippen LogP contribution in [0.4, 0.5) is 17.6 Å². The van der Waals surface area contributed by atoms with E-state index in [4.69, 9.17) is 45.4 Å². The molecule has 6 N–H and O–H groups in total. The molecule has 0 saturated heterocycles. The van der Waals surface area contributed by atoms with Gasteiger partial charge in [0.25, 0.3) is 34.4 Å². The van der Waals surface area contributed by atoms with Crippen LogP contribution in [-0.4, -0.2) is 100 Å². The Hall–Kier alpha value is -11.1. The summed E-state index contributed by atoms with van der Waals surface area (Å²) in [6.45, 7) is 17.3. The van der Waals surface area contributed by atoms with E-state index in [2.05, 4.69) is 15.9 Å². The molecule has 115 heavy (non-hydrogen) atoms. The van der Waals surface area contributed by atoms with Crippen molar-refractivity contribution in [1.82, 2.24) is 43.4 Å². The number of hydrogen-bond acceptors (Lipinski definition) is 18. The molecule has 15 rings (SSSR count). The van der Waals surface area contributed by atoms with E-state index in [0.29, 0.717) is 67.1 Å². The molecule has 15 aromatic rings. The molecule has 29 heteroatoms. The summed E-state index contributed by atoms with van der Waals surface area (Å²) in [5.41, 5.74) is 21.4. The molecule has 0 spiro atoms. The maximum absolute atomic E-state index is 14.4. The molecule has 3 atom stereocenters. The van der Waals surface area contributed by atoms with Gasteiger partial charge < -0.3 is 45.2 Å². The minimum absolute atomic E-state index is 0.00993. The summed E-state index contributed by atoms with van der Waals surface area (Å²) in [6.07, 6.45) is 0. The van der Waals surface area contributed by atoms with E-state index in [1.165, 1.54) is 104 Å². The molecule has 21 nitrogen and oxygen atoms in total. The lowest BCUT2D eigenvalue weighted by Crippen LogP contribution is -2.43. The monoisotopic (exact) mass is 1680 g/mol. The molecule has 594 valence electrons. The highest BCUT2D eigenvalue weighted by Gasteiger charge is 2.38. The molecule has 0 saturated carbocycles. The second-order valence-corrected chi connectivity index (χ2v) is 32.9. The minimum atomic E-state index is -0.707. The lowest BCUT2D eigenvalue weighted by atomic mass is 9.99. The smallest absolute Gasteiger partial charge is 0.297 e. The molecule has 0 radical (unpaired) electrons. The number of amides is 3. The van der Waals surface area contributed by atoms with E-state index in [1.54, 1.807) is 74.4 Å². The Balaban J connectivity index is 0.000000150. The quantitative estimate of drug-likeness (QED) is 0.0474. The second kappa shape index (κ2) is 35.4. The first-order valence-electron chi connectivity index (χ1n) is 37.3. The van der Waals surface area contributed by atoms with Crippen molar-refractivity contribution in [2.45, 2.75) is 93.1 Å². The van der Waals surface area contributed by atoms with Crippen LogP contribution in [0.2, 0.25) is 0 Å². The van der Waals surface area contributed by atoms with Crippen molar-refractivity contribution in [2.24, 2.45) is 35.0 Å². The lowest BCUT2D eigenvalue weighted by molar-refractivity contribution is 0.0606. The molecule has 0 aliphatic carbocycles. The Morgan fingerprint density at radius 2 is 0.748 bits per heavy atom. The largest absolute Gasteiger partial charge is 0.448 e. The Kier molecular flexibility index (Phi) is 25.2. The summed E-state index contributed by atoms with van der Waals surface area (Å²) in [7, 11) is 0. The number of nitrogens with two attached hydrogens (primary N) is 3. The summed E-state index contributed by atoms with van der Waals surface area (Å²) in [5, 5.41) is 6.98. The molecule has 3 amide bonds. The number of aromatic nitrogens is 6. The molecule has 0 unspecified atom stereocenters. The fourth-order valence-corrected chi connectivity index (χ4v) is 16.7. The zero-order valence-electron chi connectivity index (χ0n) is 64.1. The number of benzene rings is 6. The van der Waals surface area contributed by atoms with Crippen LogP contribution < -0.4 is 33.9 Å².